The summed E-state index contributed by atoms with van der Waals surface area (Å²) in [5, 5.41) is 4.92. The minimum absolute atomic E-state index is 0.0548. The second kappa shape index (κ2) is 8.24. The molecule has 0 radical (unpaired) electrons. The number of benzene rings is 2. The second-order valence-corrected chi connectivity index (χ2v) is 8.34. The van der Waals surface area contributed by atoms with Gasteiger partial charge in [0.2, 0.25) is 5.91 Å². The van der Waals surface area contributed by atoms with Crippen LogP contribution in [0.4, 0.5) is 0 Å². The Bertz CT molecular complexity index is 931. The molecule has 5 heteroatoms. The molecule has 1 N–H and O–H groups in total. The summed E-state index contributed by atoms with van der Waals surface area (Å²) in [6.07, 6.45) is 6.74. The summed E-state index contributed by atoms with van der Waals surface area (Å²) < 4.78 is 1.18. The largest absolute Gasteiger partial charge is 0.356 e. The molecule has 0 saturated carbocycles. The molecule has 2 aromatic carbocycles. The third kappa shape index (κ3) is 4.23. The predicted molar refractivity (Wildman–Crippen MR) is 112 cm³/mol. The number of halogens is 1. The topological polar surface area (TPSA) is 42.0 Å². The third-order valence-electron chi connectivity index (χ3n) is 5.02. The van der Waals surface area contributed by atoms with Gasteiger partial charge in [0.1, 0.15) is 0 Å². The molecule has 1 heterocycles. The first-order valence-electron chi connectivity index (χ1n) is 9.23. The highest BCUT2D eigenvalue weighted by Crippen LogP contribution is 2.38. The van der Waals surface area contributed by atoms with Crippen molar-refractivity contribution >= 4 is 39.1 Å². The Kier molecular flexibility index (Phi) is 5.55. The van der Waals surface area contributed by atoms with Gasteiger partial charge in [-0.1, -0.05) is 48.0 Å². The summed E-state index contributed by atoms with van der Waals surface area (Å²) in [5.74, 6) is 0.223. The van der Waals surface area contributed by atoms with Gasteiger partial charge in [0.15, 0.2) is 0 Å². The molecule has 1 amide bonds. The molecule has 1 aromatic heterocycles. The Morgan fingerprint density at radius 1 is 1.11 bits per heavy atom. The monoisotopic (exact) mass is 396 g/mol. The van der Waals surface area contributed by atoms with E-state index in [2.05, 4.69) is 23.5 Å². The van der Waals surface area contributed by atoms with Crippen molar-refractivity contribution in [1.29, 1.82) is 0 Å². The molecule has 27 heavy (non-hydrogen) atoms. The fraction of sp³-hybridized carbons (Fsp3) is 0.273. The number of carbonyl (C=O) groups is 1. The quantitative estimate of drug-likeness (QED) is 0.590. The molecular weight excluding hydrogens is 376 g/mol. The van der Waals surface area contributed by atoms with Crippen molar-refractivity contribution in [2.75, 3.05) is 6.54 Å². The number of hydrogen-bond donors (Lipinski definition) is 1. The van der Waals surface area contributed by atoms with E-state index >= 15 is 0 Å². The van der Waals surface area contributed by atoms with Gasteiger partial charge in [-0.05, 0) is 49.1 Å². The van der Waals surface area contributed by atoms with Crippen molar-refractivity contribution in [2.45, 2.75) is 25.2 Å². The van der Waals surface area contributed by atoms with Gasteiger partial charge >= 0.3 is 0 Å². The fourth-order valence-corrected chi connectivity index (χ4v) is 4.81. The molecule has 2 atom stereocenters. The van der Waals surface area contributed by atoms with Crippen molar-refractivity contribution in [3.05, 3.63) is 76.3 Å². The van der Waals surface area contributed by atoms with Crippen LogP contribution in [0.5, 0.6) is 0 Å². The average molecular weight is 397 g/mol. The van der Waals surface area contributed by atoms with E-state index in [9.17, 15) is 4.79 Å². The number of fused-ring (bicyclic) bond motifs is 1. The van der Waals surface area contributed by atoms with Gasteiger partial charge in [0, 0.05) is 17.5 Å². The first kappa shape index (κ1) is 18.2. The van der Waals surface area contributed by atoms with Gasteiger partial charge in [-0.3, -0.25) is 4.79 Å². The van der Waals surface area contributed by atoms with Crippen molar-refractivity contribution in [1.82, 2.24) is 10.3 Å². The van der Waals surface area contributed by atoms with Crippen LogP contribution in [0, 0.1) is 5.92 Å². The highest BCUT2D eigenvalue weighted by atomic mass is 35.5. The Morgan fingerprint density at radius 2 is 1.89 bits per heavy atom. The van der Waals surface area contributed by atoms with Crippen LogP contribution in [-0.2, 0) is 11.2 Å². The van der Waals surface area contributed by atoms with Crippen molar-refractivity contribution in [3.8, 4) is 0 Å². The molecule has 0 spiro atoms. The normalized spacial score (nSPS) is 19.3. The maximum absolute atomic E-state index is 12.9. The van der Waals surface area contributed by atoms with Crippen molar-refractivity contribution in [2.24, 2.45) is 5.92 Å². The Balaban J connectivity index is 1.43. The van der Waals surface area contributed by atoms with Crippen LogP contribution in [0.15, 0.2) is 60.7 Å². The smallest absolute Gasteiger partial charge is 0.224 e. The predicted octanol–water partition coefficient (Wildman–Crippen LogP) is 5.36. The third-order valence-corrected chi connectivity index (χ3v) is 6.44. The van der Waals surface area contributed by atoms with Crippen LogP contribution in [0.2, 0.25) is 5.02 Å². The van der Waals surface area contributed by atoms with Gasteiger partial charge in [-0.2, -0.15) is 0 Å². The van der Waals surface area contributed by atoms with E-state index in [4.69, 9.17) is 16.6 Å². The highest BCUT2D eigenvalue weighted by molar-refractivity contribution is 7.18. The zero-order valence-corrected chi connectivity index (χ0v) is 16.5. The molecule has 1 aliphatic carbocycles. The molecule has 0 unspecified atom stereocenters. The molecule has 138 valence electrons. The first-order chi connectivity index (χ1) is 13.2. The second-order valence-electron chi connectivity index (χ2n) is 6.84. The van der Waals surface area contributed by atoms with E-state index < -0.39 is 0 Å². The van der Waals surface area contributed by atoms with Crippen LogP contribution in [0.3, 0.4) is 0 Å². The minimum Gasteiger partial charge on any atom is -0.356 e. The van der Waals surface area contributed by atoms with Gasteiger partial charge in [0.25, 0.3) is 0 Å². The van der Waals surface area contributed by atoms with Crippen molar-refractivity contribution in [3.63, 3.8) is 0 Å². The zero-order valence-electron chi connectivity index (χ0n) is 14.9. The number of aromatic nitrogens is 1. The van der Waals surface area contributed by atoms with E-state index in [1.807, 2.05) is 42.5 Å². The number of nitrogens with one attached hydrogen (secondary N) is 1. The Labute approximate surface area is 168 Å². The van der Waals surface area contributed by atoms with E-state index in [0.29, 0.717) is 6.54 Å². The fourth-order valence-electron chi connectivity index (χ4n) is 3.54. The van der Waals surface area contributed by atoms with E-state index in [1.54, 1.807) is 11.3 Å². The van der Waals surface area contributed by atoms with Crippen LogP contribution >= 0.6 is 22.9 Å². The number of allylic oxidation sites excluding steroid dienone is 2. The minimum atomic E-state index is -0.0548. The molecule has 4 rings (SSSR count). The van der Waals surface area contributed by atoms with Gasteiger partial charge in [0.05, 0.1) is 21.1 Å². The average Bonchev–Trinajstić information content (AvgIpc) is 3.13. The summed E-state index contributed by atoms with van der Waals surface area (Å²) in [5.41, 5.74) is 2.19. The lowest BCUT2D eigenvalue weighted by Gasteiger charge is -2.26. The molecule has 1 aliphatic rings. The van der Waals surface area contributed by atoms with E-state index in [1.165, 1.54) is 10.3 Å². The van der Waals surface area contributed by atoms with Crippen molar-refractivity contribution < 1.29 is 4.79 Å². The van der Waals surface area contributed by atoms with Crippen LogP contribution < -0.4 is 5.32 Å². The van der Waals surface area contributed by atoms with Gasteiger partial charge in [-0.15, -0.1) is 11.3 Å². The van der Waals surface area contributed by atoms with Crippen LogP contribution in [0.25, 0.3) is 10.2 Å². The molecule has 3 nitrogen and oxygen atoms in total. The number of para-hydroxylation sites is 1. The molecule has 0 bridgehead atoms. The number of thiazole rings is 1. The number of nitrogens with zero attached hydrogens (tertiary/aromatic N) is 1. The number of amides is 1. The lowest BCUT2D eigenvalue weighted by Crippen LogP contribution is -2.36. The standard InChI is InChI=1S/C22H21ClN2OS/c23-16-11-9-15(10-12-16)13-14-24-21(26)17-5-1-2-6-18(17)22-25-19-7-3-4-8-20(19)27-22/h1-4,7-12,17-18H,5-6,13-14H2,(H,24,26)/t17-,18-/m1/s1. The van der Waals surface area contributed by atoms with Crippen LogP contribution in [0.1, 0.15) is 29.3 Å². The summed E-state index contributed by atoms with van der Waals surface area (Å²) in [6, 6.07) is 15.9. The summed E-state index contributed by atoms with van der Waals surface area (Å²) in [4.78, 5) is 17.6. The lowest BCUT2D eigenvalue weighted by molar-refractivity contribution is -0.125. The maximum Gasteiger partial charge on any atom is 0.224 e. The maximum atomic E-state index is 12.9. The van der Waals surface area contributed by atoms with Crippen LogP contribution in [-0.4, -0.2) is 17.4 Å². The molecule has 3 aromatic rings. The summed E-state index contributed by atoms with van der Waals surface area (Å²) >= 11 is 7.63. The Hall–Kier alpha value is -2.17. The summed E-state index contributed by atoms with van der Waals surface area (Å²) in [7, 11) is 0. The molecule has 0 fully saturated rings. The highest BCUT2D eigenvalue weighted by Gasteiger charge is 2.32. The van der Waals surface area contributed by atoms with E-state index in [-0.39, 0.29) is 17.7 Å². The molecule has 0 aliphatic heterocycles. The SMILES string of the molecule is O=C(NCCc1ccc(Cl)cc1)[C@@H]1CC=CC[C@H]1c1nc2ccccc2s1. The lowest BCUT2D eigenvalue weighted by atomic mass is 9.82. The van der Waals surface area contributed by atoms with E-state index in [0.717, 1.165) is 34.8 Å². The number of rotatable bonds is 5. The molecular formula is C22H21ClN2OS. The number of carbonyl (C=O) groups excluding carboxylic acids is 1. The first-order valence-corrected chi connectivity index (χ1v) is 10.4. The van der Waals surface area contributed by atoms with Gasteiger partial charge < -0.3 is 5.32 Å². The summed E-state index contributed by atoms with van der Waals surface area (Å²) in [6.45, 7) is 0.632. The van der Waals surface area contributed by atoms with Gasteiger partial charge in [-0.25, -0.2) is 4.98 Å². The zero-order chi connectivity index (χ0) is 18.6. The Morgan fingerprint density at radius 3 is 2.70 bits per heavy atom. The molecule has 0 saturated heterocycles. The number of hydrogen-bond acceptors (Lipinski definition) is 3.